The molecule has 2 aromatic carbocycles. The summed E-state index contributed by atoms with van der Waals surface area (Å²) in [5, 5.41) is 0. The van der Waals surface area contributed by atoms with Gasteiger partial charge in [-0.1, -0.05) is 36.4 Å². The molecule has 0 atom stereocenters. The summed E-state index contributed by atoms with van der Waals surface area (Å²) in [6, 6.07) is 17.5. The number of aromatic nitrogens is 2. The van der Waals surface area contributed by atoms with Crippen LogP contribution in [-0.2, 0) is 13.0 Å². The number of imidazole rings is 1. The van der Waals surface area contributed by atoms with Gasteiger partial charge in [0, 0.05) is 19.0 Å². The molecule has 0 amide bonds. The van der Waals surface area contributed by atoms with Gasteiger partial charge in [0.05, 0.1) is 11.0 Å². The molecule has 0 spiro atoms. The van der Waals surface area contributed by atoms with Gasteiger partial charge in [-0.05, 0) is 36.1 Å². The van der Waals surface area contributed by atoms with Gasteiger partial charge in [0.15, 0.2) is 0 Å². The zero-order chi connectivity index (χ0) is 14.2. The molecule has 1 heterocycles. The van der Waals surface area contributed by atoms with Crippen LogP contribution in [0.25, 0.3) is 11.0 Å². The minimum Gasteiger partial charge on any atom is -0.326 e. The molecule has 21 heavy (non-hydrogen) atoms. The lowest BCUT2D eigenvalue weighted by Gasteiger charge is -2.10. The van der Waals surface area contributed by atoms with E-state index in [0.717, 1.165) is 11.9 Å². The maximum Gasteiger partial charge on any atom is 0.114 e. The van der Waals surface area contributed by atoms with Crippen LogP contribution < -0.4 is 5.73 Å². The smallest absolute Gasteiger partial charge is 0.114 e. The number of nitrogens with two attached hydrogens (primary N) is 1. The summed E-state index contributed by atoms with van der Waals surface area (Å²) in [5.74, 6) is 1.17. The van der Waals surface area contributed by atoms with Crippen molar-refractivity contribution in [3.8, 4) is 0 Å². The molecule has 106 valence electrons. The largest absolute Gasteiger partial charge is 0.326 e. The number of fused-ring (bicyclic) bond motifs is 1. The predicted octanol–water partition coefficient (Wildman–Crippen LogP) is 3.42. The van der Waals surface area contributed by atoms with E-state index in [0.29, 0.717) is 12.6 Å². The zero-order valence-electron chi connectivity index (χ0n) is 12.0. The van der Waals surface area contributed by atoms with E-state index in [1.807, 2.05) is 0 Å². The monoisotopic (exact) mass is 277 g/mol. The number of hydrogen-bond donors (Lipinski definition) is 1. The Bertz CT molecular complexity index is 784. The first-order chi connectivity index (χ1) is 10.4. The van der Waals surface area contributed by atoms with E-state index in [-0.39, 0.29) is 0 Å². The fourth-order valence-corrected chi connectivity index (χ4v) is 3.06. The van der Waals surface area contributed by atoms with E-state index < -0.39 is 0 Å². The first kappa shape index (κ1) is 12.6. The van der Waals surface area contributed by atoms with Crippen molar-refractivity contribution in [2.75, 3.05) is 0 Å². The molecule has 0 saturated heterocycles. The summed E-state index contributed by atoms with van der Waals surface area (Å²) in [5.41, 5.74) is 10.7. The molecule has 1 aliphatic carbocycles. The first-order valence-corrected chi connectivity index (χ1v) is 7.59. The van der Waals surface area contributed by atoms with Crippen LogP contribution in [0.5, 0.6) is 0 Å². The lowest BCUT2D eigenvalue weighted by atomic mass is 10.0. The van der Waals surface area contributed by atoms with Crippen molar-refractivity contribution in [2.45, 2.75) is 31.8 Å². The second kappa shape index (κ2) is 5.01. The minimum atomic E-state index is 0.583. The second-order valence-electron chi connectivity index (χ2n) is 5.77. The van der Waals surface area contributed by atoms with Gasteiger partial charge in [0.25, 0.3) is 0 Å². The zero-order valence-corrected chi connectivity index (χ0v) is 12.0. The molecule has 4 rings (SSSR count). The number of para-hydroxylation sites is 2. The molecular weight excluding hydrogens is 258 g/mol. The van der Waals surface area contributed by atoms with E-state index in [1.165, 1.54) is 35.3 Å². The number of rotatable bonds is 4. The average molecular weight is 277 g/mol. The van der Waals surface area contributed by atoms with Crippen LogP contribution in [0.15, 0.2) is 48.5 Å². The molecule has 1 fully saturated rings. The van der Waals surface area contributed by atoms with E-state index in [4.69, 9.17) is 10.7 Å². The molecule has 1 aliphatic rings. The lowest BCUT2D eigenvalue weighted by molar-refractivity contribution is 0.714. The molecule has 0 unspecified atom stereocenters. The van der Waals surface area contributed by atoms with Crippen LogP contribution in [0, 0.1) is 0 Å². The van der Waals surface area contributed by atoms with Crippen LogP contribution in [0.1, 0.15) is 35.8 Å². The van der Waals surface area contributed by atoms with Gasteiger partial charge in [0.2, 0.25) is 0 Å². The number of hydrogen-bond acceptors (Lipinski definition) is 2. The van der Waals surface area contributed by atoms with Crippen molar-refractivity contribution in [2.24, 2.45) is 5.73 Å². The Morgan fingerprint density at radius 1 is 1.00 bits per heavy atom. The van der Waals surface area contributed by atoms with Crippen LogP contribution in [0.4, 0.5) is 0 Å². The summed E-state index contributed by atoms with van der Waals surface area (Å²) in [4.78, 5) is 4.87. The van der Waals surface area contributed by atoms with Crippen molar-refractivity contribution >= 4 is 11.0 Å². The topological polar surface area (TPSA) is 43.8 Å². The molecule has 3 nitrogen and oxygen atoms in total. The predicted molar refractivity (Wildman–Crippen MR) is 85.1 cm³/mol. The maximum atomic E-state index is 5.86. The Balaban J connectivity index is 1.81. The molecular formula is C18H19N3. The van der Waals surface area contributed by atoms with Crippen molar-refractivity contribution in [3.05, 3.63) is 65.5 Å². The SMILES string of the molecule is NCc1ccccc1Cc1nc2ccccc2n1C1CC1. The van der Waals surface area contributed by atoms with Gasteiger partial charge < -0.3 is 10.3 Å². The first-order valence-electron chi connectivity index (χ1n) is 7.59. The van der Waals surface area contributed by atoms with Crippen molar-refractivity contribution in [3.63, 3.8) is 0 Å². The summed E-state index contributed by atoms with van der Waals surface area (Å²) in [7, 11) is 0. The highest BCUT2D eigenvalue weighted by molar-refractivity contribution is 5.76. The number of benzene rings is 2. The van der Waals surface area contributed by atoms with Crippen molar-refractivity contribution in [1.82, 2.24) is 9.55 Å². The standard InChI is InChI=1S/C18H19N3/c19-12-14-6-2-1-5-13(14)11-18-20-16-7-3-4-8-17(16)21(18)15-9-10-15/h1-8,15H,9-12,19H2. The quantitative estimate of drug-likeness (QED) is 0.794. The molecule has 2 N–H and O–H groups in total. The fraction of sp³-hybridized carbons (Fsp3) is 0.278. The average Bonchev–Trinajstić information content (AvgIpc) is 3.29. The fourth-order valence-electron chi connectivity index (χ4n) is 3.06. The van der Waals surface area contributed by atoms with Gasteiger partial charge in [-0.25, -0.2) is 4.98 Å². The molecule has 3 aromatic rings. The molecule has 0 radical (unpaired) electrons. The van der Waals surface area contributed by atoms with E-state index in [2.05, 4.69) is 53.1 Å². The van der Waals surface area contributed by atoms with Gasteiger partial charge in [-0.3, -0.25) is 0 Å². The Labute approximate surface area is 124 Å². The molecule has 0 bridgehead atoms. The molecule has 0 aliphatic heterocycles. The second-order valence-corrected chi connectivity index (χ2v) is 5.77. The molecule has 1 aromatic heterocycles. The highest BCUT2D eigenvalue weighted by Crippen LogP contribution is 2.39. The third kappa shape index (κ3) is 2.24. The molecule has 1 saturated carbocycles. The Kier molecular flexibility index (Phi) is 3.00. The van der Waals surface area contributed by atoms with Crippen LogP contribution >= 0.6 is 0 Å². The summed E-state index contributed by atoms with van der Waals surface area (Å²) in [6.07, 6.45) is 3.40. The lowest BCUT2D eigenvalue weighted by Crippen LogP contribution is -2.06. The van der Waals surface area contributed by atoms with Gasteiger partial charge in [0.1, 0.15) is 5.82 Å². The summed E-state index contributed by atoms with van der Waals surface area (Å²) < 4.78 is 2.43. The van der Waals surface area contributed by atoms with E-state index in [1.54, 1.807) is 0 Å². The third-order valence-corrected chi connectivity index (χ3v) is 4.27. The summed E-state index contributed by atoms with van der Waals surface area (Å²) in [6.45, 7) is 0.583. The van der Waals surface area contributed by atoms with Gasteiger partial charge >= 0.3 is 0 Å². The summed E-state index contributed by atoms with van der Waals surface area (Å²) >= 11 is 0. The van der Waals surface area contributed by atoms with E-state index in [9.17, 15) is 0 Å². The van der Waals surface area contributed by atoms with E-state index >= 15 is 0 Å². The van der Waals surface area contributed by atoms with Crippen molar-refractivity contribution in [1.29, 1.82) is 0 Å². The number of nitrogens with zero attached hydrogens (tertiary/aromatic N) is 2. The highest BCUT2D eigenvalue weighted by atomic mass is 15.1. The van der Waals surface area contributed by atoms with Gasteiger partial charge in [-0.2, -0.15) is 0 Å². The van der Waals surface area contributed by atoms with Gasteiger partial charge in [-0.15, -0.1) is 0 Å². The maximum absolute atomic E-state index is 5.86. The van der Waals surface area contributed by atoms with Crippen molar-refractivity contribution < 1.29 is 0 Å². The van der Waals surface area contributed by atoms with Crippen LogP contribution in [0.2, 0.25) is 0 Å². The Morgan fingerprint density at radius 3 is 2.48 bits per heavy atom. The highest BCUT2D eigenvalue weighted by Gasteiger charge is 2.28. The van der Waals surface area contributed by atoms with Crippen LogP contribution in [0.3, 0.4) is 0 Å². The Morgan fingerprint density at radius 2 is 1.71 bits per heavy atom. The third-order valence-electron chi connectivity index (χ3n) is 4.27. The molecule has 3 heteroatoms. The van der Waals surface area contributed by atoms with Crippen LogP contribution in [-0.4, -0.2) is 9.55 Å². The minimum absolute atomic E-state index is 0.583. The normalized spacial score (nSPS) is 14.7. The Hall–Kier alpha value is -2.13.